The van der Waals surface area contributed by atoms with Crippen molar-refractivity contribution in [2.24, 2.45) is 0 Å². The molecule has 0 aromatic carbocycles. The summed E-state index contributed by atoms with van der Waals surface area (Å²) in [5, 5.41) is 0. The zero-order chi connectivity index (χ0) is 6.91. The van der Waals surface area contributed by atoms with Crippen LogP contribution in [0, 0.1) is 0 Å². The quantitative estimate of drug-likeness (QED) is 0.525. The molecule has 0 atom stereocenters. The van der Waals surface area contributed by atoms with Crippen molar-refractivity contribution in [3.63, 3.8) is 0 Å². The summed E-state index contributed by atoms with van der Waals surface area (Å²) < 4.78 is 22.8. The molecule has 0 bridgehead atoms. The van der Waals surface area contributed by atoms with E-state index in [-0.39, 0.29) is 5.75 Å². The first-order chi connectivity index (χ1) is 4.13. The van der Waals surface area contributed by atoms with Crippen LogP contribution < -0.4 is 0 Å². The molecule has 0 N–H and O–H groups in total. The first-order valence-electron chi connectivity index (χ1n) is 2.82. The number of hydrogen-bond acceptors (Lipinski definition) is 3. The topological polar surface area (TPSA) is 37.4 Å². The molecule has 0 unspecified atom stereocenters. The average Bonchev–Trinajstić information content (AvgIpc) is 1.77. The molecule has 1 saturated heterocycles. The van der Waals surface area contributed by atoms with Gasteiger partial charge in [0.25, 0.3) is 0 Å². The molecule has 1 rings (SSSR count). The van der Waals surface area contributed by atoms with E-state index in [1.807, 2.05) is 0 Å². The third kappa shape index (κ3) is 1.59. The summed E-state index contributed by atoms with van der Waals surface area (Å²) in [5.74, 6) is 0.260. The minimum absolute atomic E-state index is 0.260. The summed E-state index contributed by atoms with van der Waals surface area (Å²) >= 11 is 3.79. The van der Waals surface area contributed by atoms with E-state index in [0.29, 0.717) is 6.54 Å². The first kappa shape index (κ1) is 7.37. The van der Waals surface area contributed by atoms with Gasteiger partial charge in [-0.2, -0.15) is 0 Å². The Morgan fingerprint density at radius 2 is 2.00 bits per heavy atom. The number of hydrogen-bond donors (Lipinski definition) is 1. The van der Waals surface area contributed by atoms with Crippen molar-refractivity contribution in [2.75, 3.05) is 12.3 Å². The summed E-state index contributed by atoms with van der Waals surface area (Å²) in [7, 11) is -2.96. The van der Waals surface area contributed by atoms with Gasteiger partial charge >= 0.3 is 0 Å². The minimum Gasteiger partial charge on any atom is -0.211 e. The van der Waals surface area contributed by atoms with Gasteiger partial charge in [-0.1, -0.05) is 12.8 Å². The van der Waals surface area contributed by atoms with Crippen LogP contribution in [0.15, 0.2) is 0 Å². The van der Waals surface area contributed by atoms with Crippen LogP contribution in [-0.2, 0) is 10.0 Å². The van der Waals surface area contributed by atoms with E-state index in [1.54, 1.807) is 0 Å². The van der Waals surface area contributed by atoms with Crippen LogP contribution in [0.2, 0.25) is 0 Å². The van der Waals surface area contributed by atoms with Crippen LogP contribution in [0.3, 0.4) is 0 Å². The maximum atomic E-state index is 10.8. The maximum Gasteiger partial charge on any atom is 0.223 e. The van der Waals surface area contributed by atoms with Gasteiger partial charge in [-0.25, -0.2) is 8.42 Å². The van der Waals surface area contributed by atoms with Crippen molar-refractivity contribution in [2.45, 2.75) is 12.8 Å². The van der Waals surface area contributed by atoms with Gasteiger partial charge in [-0.15, -0.1) is 3.71 Å². The Kier molecular flexibility index (Phi) is 2.03. The molecule has 1 fully saturated rings. The van der Waals surface area contributed by atoms with Crippen LogP contribution in [0.25, 0.3) is 0 Å². The molecule has 3 nitrogen and oxygen atoms in total. The fraction of sp³-hybridized carbons (Fsp3) is 1.00. The maximum absolute atomic E-state index is 10.8. The van der Waals surface area contributed by atoms with E-state index in [1.165, 1.54) is 0 Å². The van der Waals surface area contributed by atoms with E-state index >= 15 is 0 Å². The van der Waals surface area contributed by atoms with Crippen molar-refractivity contribution in [1.29, 1.82) is 0 Å². The lowest BCUT2D eigenvalue weighted by molar-refractivity contribution is 0.509. The lowest BCUT2D eigenvalue weighted by Gasteiger charge is -2.19. The lowest BCUT2D eigenvalue weighted by atomic mass is 10.3. The molecule has 0 aromatic heterocycles. The van der Waals surface area contributed by atoms with Gasteiger partial charge in [0.15, 0.2) is 0 Å². The molecule has 0 radical (unpaired) electrons. The standard InChI is InChI=1S/C4H9NO2S2/c6-9(7)4-2-1-3-5(9)8/h8H,1-4H2. The van der Waals surface area contributed by atoms with Gasteiger partial charge in [-0.3, -0.25) is 0 Å². The summed E-state index contributed by atoms with van der Waals surface area (Å²) in [6.07, 6.45) is 1.71. The van der Waals surface area contributed by atoms with Crippen molar-refractivity contribution >= 4 is 22.8 Å². The van der Waals surface area contributed by atoms with Crippen molar-refractivity contribution < 1.29 is 8.42 Å². The second-order valence-corrected chi connectivity index (χ2v) is 4.84. The van der Waals surface area contributed by atoms with Crippen LogP contribution in [0.5, 0.6) is 0 Å². The van der Waals surface area contributed by atoms with E-state index in [4.69, 9.17) is 0 Å². The fourth-order valence-corrected chi connectivity index (χ4v) is 2.35. The predicted molar refractivity (Wildman–Crippen MR) is 38.7 cm³/mol. The fourth-order valence-electron chi connectivity index (χ4n) is 0.776. The molecule has 0 aliphatic carbocycles. The normalized spacial score (nSPS) is 28.1. The SMILES string of the molecule is O=S1(=O)CCCCN1S. The van der Waals surface area contributed by atoms with Gasteiger partial charge in [0.1, 0.15) is 0 Å². The first-order valence-corrected chi connectivity index (χ1v) is 4.83. The third-order valence-electron chi connectivity index (χ3n) is 1.32. The Bertz CT molecular complexity index is 187. The van der Waals surface area contributed by atoms with Gasteiger partial charge in [0.2, 0.25) is 10.0 Å². The van der Waals surface area contributed by atoms with Gasteiger partial charge in [0, 0.05) is 6.54 Å². The highest BCUT2D eigenvalue weighted by atomic mass is 32.3. The molecule has 54 valence electrons. The molecule has 0 spiro atoms. The van der Waals surface area contributed by atoms with Gasteiger partial charge < -0.3 is 0 Å². The van der Waals surface area contributed by atoms with Gasteiger partial charge in [-0.05, 0) is 12.8 Å². The lowest BCUT2D eigenvalue weighted by Crippen LogP contribution is -2.30. The number of sulfonamides is 1. The van der Waals surface area contributed by atoms with Gasteiger partial charge in [0.05, 0.1) is 5.75 Å². The van der Waals surface area contributed by atoms with E-state index in [0.717, 1.165) is 16.6 Å². The molecule has 1 heterocycles. The van der Waals surface area contributed by atoms with Crippen LogP contribution in [0.4, 0.5) is 0 Å². The summed E-state index contributed by atoms with van der Waals surface area (Å²) in [4.78, 5) is 0. The van der Waals surface area contributed by atoms with Crippen molar-refractivity contribution in [1.82, 2.24) is 3.71 Å². The minimum atomic E-state index is -2.96. The summed E-state index contributed by atoms with van der Waals surface area (Å²) in [6, 6.07) is 0. The molecule has 0 aromatic rings. The second-order valence-electron chi connectivity index (χ2n) is 2.07. The molecule has 1 aliphatic rings. The summed E-state index contributed by atoms with van der Waals surface area (Å²) in [6.45, 7) is 0.561. The van der Waals surface area contributed by atoms with E-state index in [2.05, 4.69) is 12.8 Å². The molecule has 0 amide bonds. The number of nitrogens with zero attached hydrogens (tertiary/aromatic N) is 1. The highest BCUT2D eigenvalue weighted by Gasteiger charge is 2.21. The Balaban J connectivity index is 2.72. The van der Waals surface area contributed by atoms with E-state index < -0.39 is 10.0 Å². The second kappa shape index (κ2) is 2.48. The molecule has 0 saturated carbocycles. The highest BCUT2D eigenvalue weighted by Crippen LogP contribution is 2.14. The number of rotatable bonds is 0. The largest absolute Gasteiger partial charge is 0.223 e. The highest BCUT2D eigenvalue weighted by molar-refractivity contribution is 7.99. The number of thiol groups is 1. The Morgan fingerprint density at radius 1 is 1.33 bits per heavy atom. The Hall–Kier alpha value is 0.260. The summed E-state index contributed by atoms with van der Waals surface area (Å²) in [5.41, 5.74) is 0. The van der Waals surface area contributed by atoms with Crippen LogP contribution >= 0.6 is 12.8 Å². The van der Waals surface area contributed by atoms with E-state index in [9.17, 15) is 8.42 Å². The average molecular weight is 167 g/mol. The zero-order valence-corrected chi connectivity index (χ0v) is 6.66. The third-order valence-corrected chi connectivity index (χ3v) is 3.90. The molecule has 5 heteroatoms. The van der Waals surface area contributed by atoms with Crippen LogP contribution in [-0.4, -0.2) is 24.4 Å². The van der Waals surface area contributed by atoms with Crippen molar-refractivity contribution in [3.8, 4) is 0 Å². The smallest absolute Gasteiger partial charge is 0.211 e. The zero-order valence-electron chi connectivity index (χ0n) is 4.95. The predicted octanol–water partition coefficient (Wildman–Crippen LogP) is 0.257. The molecular weight excluding hydrogens is 158 g/mol. The molecule has 9 heavy (non-hydrogen) atoms. The monoisotopic (exact) mass is 167 g/mol. The van der Waals surface area contributed by atoms with Crippen LogP contribution in [0.1, 0.15) is 12.8 Å². The Labute approximate surface area is 60.6 Å². The van der Waals surface area contributed by atoms with Crippen molar-refractivity contribution in [3.05, 3.63) is 0 Å². The Morgan fingerprint density at radius 3 is 2.33 bits per heavy atom. The molecular formula is C4H9NO2S2. The molecule has 1 aliphatic heterocycles.